The van der Waals surface area contributed by atoms with E-state index in [9.17, 15) is 4.79 Å². The van der Waals surface area contributed by atoms with E-state index in [0.29, 0.717) is 12.0 Å². The van der Waals surface area contributed by atoms with E-state index in [1.54, 1.807) is 0 Å². The number of rotatable bonds is 7. The largest absolute Gasteiger partial charge is 0.370 e. The summed E-state index contributed by atoms with van der Waals surface area (Å²) in [4.78, 5) is 10.5. The van der Waals surface area contributed by atoms with Crippen molar-refractivity contribution in [3.8, 4) is 6.07 Å². The minimum absolute atomic E-state index is 0.239. The van der Waals surface area contributed by atoms with Gasteiger partial charge in [-0.05, 0) is 37.1 Å². The molecule has 0 spiro atoms. The number of nitrogens with zero attached hydrogens (tertiary/aromatic N) is 1. The zero-order valence-corrected chi connectivity index (χ0v) is 9.78. The van der Waals surface area contributed by atoms with Crippen LogP contribution in [-0.2, 0) is 11.3 Å². The van der Waals surface area contributed by atoms with Gasteiger partial charge >= 0.3 is 0 Å². The second-order valence-corrected chi connectivity index (χ2v) is 3.91. The van der Waals surface area contributed by atoms with Crippen molar-refractivity contribution in [1.29, 1.82) is 5.26 Å². The summed E-state index contributed by atoms with van der Waals surface area (Å²) in [5.74, 6) is -0.239. The van der Waals surface area contributed by atoms with Crippen molar-refractivity contribution in [2.75, 3.05) is 6.54 Å². The molecule has 0 radical (unpaired) electrons. The Labute approximate surface area is 101 Å². The van der Waals surface area contributed by atoms with E-state index in [0.717, 1.165) is 31.5 Å². The average molecular weight is 231 g/mol. The van der Waals surface area contributed by atoms with Gasteiger partial charge in [0, 0.05) is 13.0 Å². The fourth-order valence-corrected chi connectivity index (χ4v) is 1.48. The molecule has 0 aliphatic carbocycles. The first-order chi connectivity index (χ1) is 8.22. The molecule has 0 unspecified atom stereocenters. The molecule has 17 heavy (non-hydrogen) atoms. The normalized spacial score (nSPS) is 9.82. The summed E-state index contributed by atoms with van der Waals surface area (Å²) in [6, 6.07) is 9.58. The molecule has 1 amide bonds. The Bertz CT molecular complexity index is 392. The van der Waals surface area contributed by atoms with E-state index >= 15 is 0 Å². The highest BCUT2D eigenvalue weighted by Gasteiger charge is 1.96. The van der Waals surface area contributed by atoms with Crippen LogP contribution in [0.3, 0.4) is 0 Å². The molecule has 0 fully saturated rings. The lowest BCUT2D eigenvalue weighted by Crippen LogP contribution is -2.16. The maximum Gasteiger partial charge on any atom is 0.217 e. The molecule has 4 nitrogen and oxygen atoms in total. The van der Waals surface area contributed by atoms with Gasteiger partial charge in [0.05, 0.1) is 11.6 Å². The van der Waals surface area contributed by atoms with Crippen LogP contribution in [-0.4, -0.2) is 12.5 Å². The molecular formula is C13H17N3O. The Hall–Kier alpha value is -1.86. The lowest BCUT2D eigenvalue weighted by atomic mass is 10.1. The predicted molar refractivity (Wildman–Crippen MR) is 65.9 cm³/mol. The Morgan fingerprint density at radius 2 is 2.00 bits per heavy atom. The van der Waals surface area contributed by atoms with Gasteiger partial charge in [0.2, 0.25) is 5.91 Å². The molecule has 0 bridgehead atoms. The summed E-state index contributed by atoms with van der Waals surface area (Å²) in [5.41, 5.74) is 6.87. The SMILES string of the molecule is N#Cc1ccc(CNCCCCC(N)=O)cc1. The number of hydrogen-bond donors (Lipinski definition) is 2. The number of nitrogens with two attached hydrogens (primary N) is 1. The fourth-order valence-electron chi connectivity index (χ4n) is 1.48. The molecule has 0 saturated carbocycles. The predicted octanol–water partition coefficient (Wildman–Crippen LogP) is 1.30. The minimum Gasteiger partial charge on any atom is -0.370 e. The number of carbonyl (C=O) groups excluding carboxylic acids is 1. The quantitative estimate of drug-likeness (QED) is 0.694. The van der Waals surface area contributed by atoms with Gasteiger partial charge in [0.1, 0.15) is 0 Å². The third-order valence-corrected chi connectivity index (χ3v) is 2.44. The molecule has 1 aromatic rings. The lowest BCUT2D eigenvalue weighted by molar-refractivity contribution is -0.118. The first-order valence-corrected chi connectivity index (χ1v) is 5.70. The van der Waals surface area contributed by atoms with E-state index in [4.69, 9.17) is 11.0 Å². The zero-order valence-electron chi connectivity index (χ0n) is 9.78. The Morgan fingerprint density at radius 3 is 2.59 bits per heavy atom. The zero-order chi connectivity index (χ0) is 12.5. The van der Waals surface area contributed by atoms with Crippen LogP contribution >= 0.6 is 0 Å². The van der Waals surface area contributed by atoms with Crippen LogP contribution < -0.4 is 11.1 Å². The Kier molecular flexibility index (Phi) is 5.76. The van der Waals surface area contributed by atoms with Gasteiger partial charge in [-0.1, -0.05) is 12.1 Å². The van der Waals surface area contributed by atoms with Crippen LogP contribution in [0, 0.1) is 11.3 Å². The highest BCUT2D eigenvalue weighted by molar-refractivity contribution is 5.73. The summed E-state index contributed by atoms with van der Waals surface area (Å²) >= 11 is 0. The number of amides is 1. The highest BCUT2D eigenvalue weighted by Crippen LogP contribution is 2.03. The molecule has 0 aromatic heterocycles. The Balaban J connectivity index is 2.14. The number of nitrogens with one attached hydrogen (secondary N) is 1. The van der Waals surface area contributed by atoms with Crippen molar-refractivity contribution in [1.82, 2.24) is 5.32 Å². The molecular weight excluding hydrogens is 214 g/mol. The first kappa shape index (κ1) is 13.2. The van der Waals surface area contributed by atoms with Crippen LogP contribution in [0.4, 0.5) is 0 Å². The van der Waals surface area contributed by atoms with Crippen LogP contribution in [0.2, 0.25) is 0 Å². The van der Waals surface area contributed by atoms with Gasteiger partial charge in [-0.15, -0.1) is 0 Å². The van der Waals surface area contributed by atoms with E-state index in [2.05, 4.69) is 11.4 Å². The molecule has 4 heteroatoms. The maximum atomic E-state index is 10.5. The van der Waals surface area contributed by atoms with Crippen molar-refractivity contribution in [3.63, 3.8) is 0 Å². The maximum absolute atomic E-state index is 10.5. The number of benzene rings is 1. The molecule has 0 saturated heterocycles. The molecule has 1 aromatic carbocycles. The van der Waals surface area contributed by atoms with Gasteiger partial charge < -0.3 is 11.1 Å². The number of primary amides is 1. The first-order valence-electron chi connectivity index (χ1n) is 5.70. The van der Waals surface area contributed by atoms with Crippen molar-refractivity contribution >= 4 is 5.91 Å². The standard InChI is InChI=1S/C13H17N3O/c14-9-11-4-6-12(7-5-11)10-16-8-2-1-3-13(15)17/h4-7,16H,1-3,8,10H2,(H2,15,17). The smallest absolute Gasteiger partial charge is 0.217 e. The van der Waals surface area contributed by atoms with Crippen molar-refractivity contribution in [2.45, 2.75) is 25.8 Å². The van der Waals surface area contributed by atoms with E-state index < -0.39 is 0 Å². The number of carbonyl (C=O) groups is 1. The monoisotopic (exact) mass is 231 g/mol. The van der Waals surface area contributed by atoms with Gasteiger partial charge in [0.15, 0.2) is 0 Å². The summed E-state index contributed by atoms with van der Waals surface area (Å²) in [6.45, 7) is 1.65. The lowest BCUT2D eigenvalue weighted by Gasteiger charge is -2.04. The second-order valence-electron chi connectivity index (χ2n) is 3.91. The third-order valence-electron chi connectivity index (χ3n) is 2.44. The summed E-state index contributed by atoms with van der Waals surface area (Å²) < 4.78 is 0. The van der Waals surface area contributed by atoms with Crippen LogP contribution in [0.25, 0.3) is 0 Å². The fraction of sp³-hybridized carbons (Fsp3) is 0.385. The van der Waals surface area contributed by atoms with Crippen LogP contribution in [0.1, 0.15) is 30.4 Å². The topological polar surface area (TPSA) is 78.9 Å². The number of hydrogen-bond acceptors (Lipinski definition) is 3. The van der Waals surface area contributed by atoms with Crippen LogP contribution in [0.5, 0.6) is 0 Å². The van der Waals surface area contributed by atoms with Crippen molar-refractivity contribution < 1.29 is 4.79 Å². The molecule has 0 heterocycles. The van der Waals surface area contributed by atoms with E-state index in [-0.39, 0.29) is 5.91 Å². The Morgan fingerprint density at radius 1 is 1.29 bits per heavy atom. The van der Waals surface area contributed by atoms with Gasteiger partial charge in [-0.25, -0.2) is 0 Å². The van der Waals surface area contributed by atoms with E-state index in [1.165, 1.54) is 0 Å². The van der Waals surface area contributed by atoms with Gasteiger partial charge in [-0.2, -0.15) is 5.26 Å². The number of nitriles is 1. The summed E-state index contributed by atoms with van der Waals surface area (Å²) in [7, 11) is 0. The van der Waals surface area contributed by atoms with Crippen LogP contribution in [0.15, 0.2) is 24.3 Å². The van der Waals surface area contributed by atoms with E-state index in [1.807, 2.05) is 24.3 Å². The molecule has 3 N–H and O–H groups in total. The molecule has 0 aliphatic heterocycles. The second kappa shape index (κ2) is 7.42. The molecule has 90 valence electrons. The minimum atomic E-state index is -0.239. The number of unbranched alkanes of at least 4 members (excludes halogenated alkanes) is 1. The van der Waals surface area contributed by atoms with Gasteiger partial charge in [0.25, 0.3) is 0 Å². The third kappa shape index (κ3) is 5.69. The summed E-state index contributed by atoms with van der Waals surface area (Å²) in [5, 5.41) is 11.9. The van der Waals surface area contributed by atoms with Crippen molar-refractivity contribution in [2.24, 2.45) is 5.73 Å². The average Bonchev–Trinajstić information content (AvgIpc) is 2.34. The molecule has 0 atom stereocenters. The van der Waals surface area contributed by atoms with Gasteiger partial charge in [-0.3, -0.25) is 4.79 Å². The summed E-state index contributed by atoms with van der Waals surface area (Å²) in [6.07, 6.45) is 2.23. The van der Waals surface area contributed by atoms with Crippen molar-refractivity contribution in [3.05, 3.63) is 35.4 Å². The molecule has 1 rings (SSSR count). The molecule has 0 aliphatic rings. The highest BCUT2D eigenvalue weighted by atomic mass is 16.1.